The Kier molecular flexibility index (Phi) is 2.61. The SMILES string of the molecule is Cn1nc(C(N)C2CCOC2)c2ccccc21. The normalized spacial score (nSPS) is 22.1. The van der Waals surface area contributed by atoms with Crippen LogP contribution in [0.2, 0.25) is 0 Å². The van der Waals surface area contributed by atoms with Crippen molar-refractivity contribution >= 4 is 10.9 Å². The van der Waals surface area contributed by atoms with Crippen LogP contribution in [0.4, 0.5) is 0 Å². The van der Waals surface area contributed by atoms with E-state index >= 15 is 0 Å². The average molecular weight is 231 g/mol. The molecule has 0 bridgehead atoms. The fourth-order valence-corrected chi connectivity index (χ4v) is 2.55. The summed E-state index contributed by atoms with van der Waals surface area (Å²) in [5.41, 5.74) is 8.46. The lowest BCUT2D eigenvalue weighted by molar-refractivity contribution is 0.180. The maximum Gasteiger partial charge on any atom is 0.0874 e. The van der Waals surface area contributed by atoms with Crippen molar-refractivity contribution < 1.29 is 4.74 Å². The van der Waals surface area contributed by atoms with Crippen molar-refractivity contribution in [3.8, 4) is 0 Å². The van der Waals surface area contributed by atoms with Gasteiger partial charge in [-0.15, -0.1) is 0 Å². The minimum Gasteiger partial charge on any atom is -0.381 e. The van der Waals surface area contributed by atoms with Crippen LogP contribution < -0.4 is 5.73 Å². The Balaban J connectivity index is 2.04. The van der Waals surface area contributed by atoms with Crippen LogP contribution in [0, 0.1) is 5.92 Å². The van der Waals surface area contributed by atoms with Crippen LogP contribution in [0.25, 0.3) is 10.9 Å². The van der Waals surface area contributed by atoms with Gasteiger partial charge in [-0.2, -0.15) is 5.10 Å². The molecule has 0 aliphatic carbocycles. The predicted octanol–water partition coefficient (Wildman–Crippen LogP) is 1.61. The van der Waals surface area contributed by atoms with Crippen LogP contribution in [0.1, 0.15) is 18.2 Å². The number of nitrogens with zero attached hydrogens (tertiary/aromatic N) is 2. The van der Waals surface area contributed by atoms with Crippen molar-refractivity contribution in [2.75, 3.05) is 13.2 Å². The minimum atomic E-state index is -0.0244. The summed E-state index contributed by atoms with van der Waals surface area (Å²) in [5.74, 6) is 0.397. The minimum absolute atomic E-state index is 0.0244. The first-order valence-corrected chi connectivity index (χ1v) is 6.02. The van der Waals surface area contributed by atoms with E-state index in [0.717, 1.165) is 36.2 Å². The van der Waals surface area contributed by atoms with Gasteiger partial charge in [-0.3, -0.25) is 4.68 Å². The van der Waals surface area contributed by atoms with Gasteiger partial charge < -0.3 is 10.5 Å². The molecule has 2 unspecified atom stereocenters. The summed E-state index contributed by atoms with van der Waals surface area (Å²) in [6.45, 7) is 1.58. The Morgan fingerprint density at radius 1 is 1.47 bits per heavy atom. The highest BCUT2D eigenvalue weighted by Gasteiger charge is 2.27. The lowest BCUT2D eigenvalue weighted by Gasteiger charge is -2.15. The summed E-state index contributed by atoms with van der Waals surface area (Å²) in [6.07, 6.45) is 1.03. The Bertz CT molecular complexity index is 528. The summed E-state index contributed by atoms with van der Waals surface area (Å²) in [6, 6.07) is 8.20. The molecule has 90 valence electrons. The Morgan fingerprint density at radius 2 is 2.29 bits per heavy atom. The van der Waals surface area contributed by atoms with Gasteiger partial charge in [-0.05, 0) is 12.5 Å². The predicted molar refractivity (Wildman–Crippen MR) is 66.6 cm³/mol. The molecular formula is C13H17N3O. The van der Waals surface area contributed by atoms with Crippen molar-refractivity contribution in [3.63, 3.8) is 0 Å². The maximum absolute atomic E-state index is 6.32. The monoisotopic (exact) mass is 231 g/mol. The van der Waals surface area contributed by atoms with Crippen LogP contribution in [0.3, 0.4) is 0 Å². The lowest BCUT2D eigenvalue weighted by Crippen LogP contribution is -2.22. The number of aromatic nitrogens is 2. The van der Waals surface area contributed by atoms with Gasteiger partial charge in [0.1, 0.15) is 0 Å². The van der Waals surface area contributed by atoms with Crippen molar-refractivity contribution in [1.29, 1.82) is 0 Å². The molecule has 0 saturated carbocycles. The second-order valence-corrected chi connectivity index (χ2v) is 4.68. The van der Waals surface area contributed by atoms with Crippen molar-refractivity contribution in [1.82, 2.24) is 9.78 Å². The second-order valence-electron chi connectivity index (χ2n) is 4.68. The van der Waals surface area contributed by atoms with Gasteiger partial charge in [-0.25, -0.2) is 0 Å². The molecule has 4 nitrogen and oxygen atoms in total. The van der Waals surface area contributed by atoms with E-state index < -0.39 is 0 Å². The number of hydrogen-bond donors (Lipinski definition) is 1. The molecule has 1 aliphatic heterocycles. The van der Waals surface area contributed by atoms with Crippen molar-refractivity contribution in [2.45, 2.75) is 12.5 Å². The summed E-state index contributed by atoms with van der Waals surface area (Å²) in [4.78, 5) is 0. The molecule has 1 aromatic heterocycles. The van der Waals surface area contributed by atoms with E-state index in [2.05, 4.69) is 17.2 Å². The van der Waals surface area contributed by atoms with E-state index in [9.17, 15) is 0 Å². The zero-order chi connectivity index (χ0) is 11.8. The van der Waals surface area contributed by atoms with Gasteiger partial charge in [0.15, 0.2) is 0 Å². The first kappa shape index (κ1) is 10.7. The third kappa shape index (κ3) is 1.73. The topological polar surface area (TPSA) is 53.1 Å². The first-order chi connectivity index (χ1) is 8.27. The molecule has 1 saturated heterocycles. The molecule has 3 rings (SSSR count). The summed E-state index contributed by atoms with van der Waals surface area (Å²) < 4.78 is 7.31. The lowest BCUT2D eigenvalue weighted by atomic mass is 9.95. The molecule has 2 aromatic rings. The molecule has 1 fully saturated rings. The summed E-state index contributed by atoms with van der Waals surface area (Å²) in [5, 5.41) is 5.73. The van der Waals surface area contributed by atoms with Crippen LogP contribution in [-0.4, -0.2) is 23.0 Å². The van der Waals surface area contributed by atoms with E-state index in [1.807, 2.05) is 23.9 Å². The zero-order valence-electron chi connectivity index (χ0n) is 9.97. The zero-order valence-corrected chi connectivity index (χ0v) is 9.97. The van der Waals surface area contributed by atoms with Crippen LogP contribution in [0.5, 0.6) is 0 Å². The Morgan fingerprint density at radius 3 is 3.06 bits per heavy atom. The van der Waals surface area contributed by atoms with Gasteiger partial charge in [0.05, 0.1) is 23.9 Å². The smallest absolute Gasteiger partial charge is 0.0874 e. The van der Waals surface area contributed by atoms with Crippen LogP contribution in [0.15, 0.2) is 24.3 Å². The highest BCUT2D eigenvalue weighted by Crippen LogP contribution is 2.30. The highest BCUT2D eigenvalue weighted by molar-refractivity contribution is 5.82. The van der Waals surface area contributed by atoms with Gasteiger partial charge in [0, 0.05) is 25.0 Å². The molecule has 17 heavy (non-hydrogen) atoms. The van der Waals surface area contributed by atoms with Crippen LogP contribution in [-0.2, 0) is 11.8 Å². The van der Waals surface area contributed by atoms with Gasteiger partial charge >= 0.3 is 0 Å². The molecule has 2 atom stereocenters. The number of rotatable bonds is 2. The molecule has 4 heteroatoms. The summed E-state index contributed by atoms with van der Waals surface area (Å²) >= 11 is 0. The maximum atomic E-state index is 6.32. The number of hydrogen-bond acceptors (Lipinski definition) is 3. The number of ether oxygens (including phenoxy) is 1. The van der Waals surface area contributed by atoms with E-state index in [1.165, 1.54) is 0 Å². The average Bonchev–Trinajstić information content (AvgIpc) is 2.97. The third-order valence-corrected chi connectivity index (χ3v) is 3.57. The molecule has 1 aliphatic rings. The van der Waals surface area contributed by atoms with Gasteiger partial charge in [0.25, 0.3) is 0 Å². The van der Waals surface area contributed by atoms with Crippen LogP contribution >= 0.6 is 0 Å². The number of para-hydroxylation sites is 1. The number of nitrogens with two attached hydrogens (primary N) is 1. The van der Waals surface area contributed by atoms with Crippen molar-refractivity contribution in [3.05, 3.63) is 30.0 Å². The summed E-state index contributed by atoms with van der Waals surface area (Å²) in [7, 11) is 1.96. The van der Waals surface area contributed by atoms with Crippen molar-refractivity contribution in [2.24, 2.45) is 18.7 Å². The van der Waals surface area contributed by atoms with E-state index in [-0.39, 0.29) is 6.04 Å². The molecule has 1 aromatic carbocycles. The standard InChI is InChI=1S/C13H17N3O/c1-16-11-5-3-2-4-10(11)13(15-16)12(14)9-6-7-17-8-9/h2-5,9,12H,6-8,14H2,1H3. The fourth-order valence-electron chi connectivity index (χ4n) is 2.55. The number of fused-ring (bicyclic) bond motifs is 1. The Labute approximate surface area is 100 Å². The molecule has 0 radical (unpaired) electrons. The highest BCUT2D eigenvalue weighted by atomic mass is 16.5. The Hall–Kier alpha value is -1.39. The van der Waals surface area contributed by atoms with Gasteiger partial charge in [0.2, 0.25) is 0 Å². The first-order valence-electron chi connectivity index (χ1n) is 6.02. The largest absolute Gasteiger partial charge is 0.381 e. The number of benzene rings is 1. The second kappa shape index (κ2) is 4.13. The molecule has 2 N–H and O–H groups in total. The fraction of sp³-hybridized carbons (Fsp3) is 0.462. The molecule has 0 amide bonds. The third-order valence-electron chi connectivity index (χ3n) is 3.57. The van der Waals surface area contributed by atoms with E-state index in [4.69, 9.17) is 10.5 Å². The van der Waals surface area contributed by atoms with E-state index in [1.54, 1.807) is 0 Å². The van der Waals surface area contributed by atoms with E-state index in [0.29, 0.717) is 5.92 Å². The quantitative estimate of drug-likeness (QED) is 0.854. The molecule has 0 spiro atoms. The molecule has 2 heterocycles. The number of aryl methyl sites for hydroxylation is 1. The van der Waals surface area contributed by atoms with Gasteiger partial charge in [-0.1, -0.05) is 18.2 Å². The molecular weight excluding hydrogens is 214 g/mol.